The maximum Gasteiger partial charge on any atom is 0.244 e. The molecule has 6 amide bonds. The molecule has 63 heavy (non-hydrogen) atoms. The fourth-order valence-electron chi connectivity index (χ4n) is 8.26. The largest absolute Gasteiger partial charge is 0.861 e. The van der Waals surface area contributed by atoms with Crippen molar-refractivity contribution in [2.45, 2.75) is 191 Å². The van der Waals surface area contributed by atoms with Gasteiger partial charge in [-0.15, -0.1) is 0 Å². The van der Waals surface area contributed by atoms with Crippen LogP contribution in [0.4, 0.5) is 0 Å². The number of ketones is 1. The van der Waals surface area contributed by atoms with E-state index in [1.54, 1.807) is 27.7 Å². The first-order chi connectivity index (χ1) is 29.6. The van der Waals surface area contributed by atoms with Crippen LogP contribution in [0.2, 0.25) is 0 Å². The lowest BCUT2D eigenvalue weighted by Crippen LogP contribution is -2.61. The summed E-state index contributed by atoms with van der Waals surface area (Å²) < 4.78 is 4.21. The molecule has 17 nitrogen and oxygen atoms in total. The van der Waals surface area contributed by atoms with Gasteiger partial charge < -0.3 is 53.3 Å². The molecule has 360 valence electrons. The first-order valence-electron chi connectivity index (χ1n) is 22.8. The highest BCUT2D eigenvalue weighted by molar-refractivity contribution is 8.77. The van der Waals surface area contributed by atoms with Crippen LogP contribution in [0.25, 0.3) is 0 Å². The Bertz CT molecular complexity index is 1540. The standard InChI is InChI=1S/C44H78N8O9S2/c1-8-16-35(55)48-25-36(56)49-26-37(57)52-39(44(6,7)63-62-43(4,5)38(46)41(59)50-31(27(3)53)24-34(45)54)42(60)51-32(40(47)58)23-28-19-20-33(61-21-9-2)30(22-28)29-17-14-12-10-11-13-15-18-29/h28-33,38-39H,8-26,46H2,1-7H3,(H2,45,54)(H2,47,58)(H,48,55)(H,49,56)(H,50,59)(H,51,60)(H,52,57)/p-1/t28?,30?,31-,32-,33?,38+,39+/m0/s1. The van der Waals surface area contributed by atoms with E-state index in [1.807, 2.05) is 6.92 Å². The molecule has 2 fully saturated rings. The van der Waals surface area contributed by atoms with Gasteiger partial charge in [-0.25, -0.2) is 0 Å². The van der Waals surface area contributed by atoms with Gasteiger partial charge in [0.1, 0.15) is 6.04 Å². The third kappa shape index (κ3) is 20.1. The van der Waals surface area contributed by atoms with E-state index in [1.165, 1.54) is 45.4 Å². The van der Waals surface area contributed by atoms with Crippen molar-refractivity contribution in [1.29, 1.82) is 5.41 Å². The fraction of sp³-hybridized carbons (Fsp3) is 0.818. The molecule has 0 bridgehead atoms. The highest BCUT2D eigenvalue weighted by atomic mass is 33.1. The van der Waals surface area contributed by atoms with Gasteiger partial charge in [0, 0.05) is 22.5 Å². The average Bonchev–Trinajstić information content (AvgIpc) is 3.36. The van der Waals surface area contributed by atoms with E-state index in [-0.39, 0.29) is 37.3 Å². The molecule has 0 aliphatic heterocycles. The maximum atomic E-state index is 14.4. The summed E-state index contributed by atoms with van der Waals surface area (Å²) in [5, 5.41) is 34.2. The number of hydrogen-bond acceptors (Lipinski definition) is 13. The van der Waals surface area contributed by atoms with Crippen LogP contribution in [-0.4, -0.2) is 107 Å². The van der Waals surface area contributed by atoms with Gasteiger partial charge in [-0.05, 0) is 96.8 Å². The Morgan fingerprint density at radius 2 is 1.33 bits per heavy atom. The topological polar surface area (TPSA) is 288 Å². The minimum Gasteiger partial charge on any atom is -0.861 e. The molecule has 2 saturated carbocycles. The van der Waals surface area contributed by atoms with Crippen molar-refractivity contribution in [3.63, 3.8) is 0 Å². The van der Waals surface area contributed by atoms with Crippen LogP contribution >= 0.6 is 21.6 Å². The lowest BCUT2D eigenvalue weighted by Gasteiger charge is -2.42. The first-order valence-corrected chi connectivity index (χ1v) is 25.0. The lowest BCUT2D eigenvalue weighted by molar-refractivity contribution is -0.223. The summed E-state index contributed by atoms with van der Waals surface area (Å²) in [5.74, 6) is -4.38. The molecule has 2 rings (SSSR count). The van der Waals surface area contributed by atoms with Crippen LogP contribution in [0.5, 0.6) is 0 Å². The summed E-state index contributed by atoms with van der Waals surface area (Å²) in [4.78, 5) is 89.0. The minimum atomic E-state index is -1.33. The number of amides is 6. The van der Waals surface area contributed by atoms with Crippen molar-refractivity contribution >= 4 is 68.7 Å². The Balaban J connectivity index is 2.32. The number of primary amides is 1. The second-order valence-electron chi connectivity index (χ2n) is 18.4. The second-order valence-corrected chi connectivity index (χ2v) is 21.8. The third-order valence-corrected chi connectivity index (χ3v) is 16.3. The van der Waals surface area contributed by atoms with Gasteiger partial charge >= 0.3 is 0 Å². The summed E-state index contributed by atoms with van der Waals surface area (Å²) >= 11 is 0. The molecule has 0 spiro atoms. The van der Waals surface area contributed by atoms with Crippen molar-refractivity contribution in [1.82, 2.24) is 26.6 Å². The zero-order valence-electron chi connectivity index (χ0n) is 38.7. The smallest absolute Gasteiger partial charge is 0.244 e. The number of nitrogens with two attached hydrogens (primary N) is 2. The van der Waals surface area contributed by atoms with Crippen molar-refractivity contribution < 1.29 is 43.4 Å². The number of carbonyl (C=O) groups is 7. The molecule has 0 aromatic rings. The molecule has 0 radical (unpaired) electrons. The lowest BCUT2D eigenvalue weighted by atomic mass is 9.69. The van der Waals surface area contributed by atoms with Crippen LogP contribution in [0, 0.1) is 23.2 Å². The predicted molar refractivity (Wildman–Crippen MR) is 246 cm³/mol. The molecule has 7 atom stereocenters. The zero-order chi connectivity index (χ0) is 47.3. The summed E-state index contributed by atoms with van der Waals surface area (Å²) in [6.45, 7) is 11.7. The number of nitrogens with one attached hydrogen (secondary N) is 6. The Kier molecular flexibility index (Phi) is 24.6. The molecular formula is C44H77N8O9S2-. The van der Waals surface area contributed by atoms with Gasteiger partial charge in [0.05, 0.1) is 43.7 Å². The number of carbonyl (C=O) groups excluding carboxylic acids is 7. The Labute approximate surface area is 382 Å². The summed E-state index contributed by atoms with van der Waals surface area (Å²) in [7, 11) is 2.29. The fourth-order valence-corrected chi connectivity index (χ4v) is 11.1. The predicted octanol–water partition coefficient (Wildman–Crippen LogP) is 2.89. The average molecular weight is 926 g/mol. The summed E-state index contributed by atoms with van der Waals surface area (Å²) in [5.41, 5.74) is 11.7. The molecule has 19 heteroatoms. The van der Waals surface area contributed by atoms with E-state index in [0.717, 1.165) is 60.1 Å². The molecule has 0 aromatic carbocycles. The highest BCUT2D eigenvalue weighted by Gasteiger charge is 2.43. The van der Waals surface area contributed by atoms with E-state index in [4.69, 9.17) is 21.6 Å². The Hall–Kier alpha value is -3.42. The third-order valence-electron chi connectivity index (χ3n) is 12.0. The van der Waals surface area contributed by atoms with Gasteiger partial charge in [-0.1, -0.05) is 86.8 Å². The van der Waals surface area contributed by atoms with Gasteiger partial charge in [0.15, 0.2) is 5.78 Å². The van der Waals surface area contributed by atoms with Crippen molar-refractivity contribution in [2.75, 3.05) is 19.7 Å². The van der Waals surface area contributed by atoms with E-state index >= 15 is 0 Å². The molecule has 2 aliphatic rings. The second kappa shape index (κ2) is 27.8. The van der Waals surface area contributed by atoms with Crippen LogP contribution in [0.1, 0.15) is 151 Å². The Morgan fingerprint density at radius 3 is 1.90 bits per heavy atom. The first kappa shape index (κ1) is 55.7. The highest BCUT2D eigenvalue weighted by Crippen LogP contribution is 2.47. The number of rotatable bonds is 26. The molecule has 0 saturated heterocycles. The quantitative estimate of drug-likeness (QED) is 0.0353. The van der Waals surface area contributed by atoms with Crippen LogP contribution in [-0.2, 0) is 38.3 Å². The van der Waals surface area contributed by atoms with Crippen molar-refractivity contribution in [2.24, 2.45) is 29.2 Å². The number of Topliss-reactive ketones (excluding diaryl/α,β-unsaturated/α-hetero) is 1. The number of hydrogen-bond donors (Lipinski definition) is 8. The van der Waals surface area contributed by atoms with Gasteiger partial charge in [-0.2, -0.15) is 0 Å². The Morgan fingerprint density at radius 1 is 0.762 bits per heavy atom. The van der Waals surface area contributed by atoms with E-state index < -0.39 is 87.8 Å². The van der Waals surface area contributed by atoms with Crippen LogP contribution in [0.15, 0.2) is 0 Å². The van der Waals surface area contributed by atoms with E-state index in [2.05, 4.69) is 33.5 Å². The molecule has 10 N–H and O–H groups in total. The molecular weight excluding hydrogens is 849 g/mol. The van der Waals surface area contributed by atoms with Crippen molar-refractivity contribution in [3.05, 3.63) is 0 Å². The summed E-state index contributed by atoms with van der Waals surface area (Å²) in [6, 6.07) is -4.84. The molecule has 0 heterocycles. The van der Waals surface area contributed by atoms with E-state index in [9.17, 15) is 38.7 Å². The summed E-state index contributed by atoms with van der Waals surface area (Å²) in [6.07, 6.45) is 13.8. The van der Waals surface area contributed by atoms with Crippen molar-refractivity contribution in [3.8, 4) is 0 Å². The van der Waals surface area contributed by atoms with E-state index in [0.29, 0.717) is 24.9 Å². The molecule has 2 aliphatic carbocycles. The monoisotopic (exact) mass is 926 g/mol. The normalized spacial score (nSPS) is 20.9. The van der Waals surface area contributed by atoms with Crippen LogP contribution in [0.3, 0.4) is 0 Å². The number of ether oxygens (including phenoxy) is 1. The minimum absolute atomic E-state index is 0.0571. The maximum absolute atomic E-state index is 14.4. The SMILES string of the molecule is CCCOC1CCC(C[C@H](NC(=O)[C@@H](NC(=O)CNC(=O)CNC(=O)CCC)C(C)(C)SSC(C)(C)[C@H](N)C(=O)N[C@@H](CC(N)=O)C(C)=O)C(=N)[O-])CC1C1CCCCCCCC1. The molecule has 0 aromatic heterocycles. The molecule has 3 unspecified atom stereocenters. The van der Waals surface area contributed by atoms with Crippen LogP contribution < -0.4 is 43.2 Å². The zero-order valence-corrected chi connectivity index (χ0v) is 40.3. The van der Waals surface area contributed by atoms with Gasteiger partial charge in [-0.3, -0.25) is 33.6 Å². The van der Waals surface area contributed by atoms with Gasteiger partial charge in [0.2, 0.25) is 35.4 Å². The van der Waals surface area contributed by atoms with Gasteiger partial charge in [0.25, 0.3) is 0 Å².